The van der Waals surface area contributed by atoms with Gasteiger partial charge < -0.3 is 10.2 Å². The van der Waals surface area contributed by atoms with E-state index in [1.54, 1.807) is 12.1 Å². The number of fused-ring (bicyclic) bond motifs is 1. The number of aromatic nitrogens is 2. The highest BCUT2D eigenvalue weighted by Gasteiger charge is 2.24. The summed E-state index contributed by atoms with van der Waals surface area (Å²) in [6.07, 6.45) is 3.98. The Bertz CT molecular complexity index is 1290. The van der Waals surface area contributed by atoms with E-state index in [9.17, 15) is 8.42 Å². The number of nitrogens with one attached hydrogen (secondary N) is 2. The third kappa shape index (κ3) is 5.64. The molecule has 0 radical (unpaired) electrons. The molecule has 0 aliphatic heterocycles. The van der Waals surface area contributed by atoms with Crippen LogP contribution in [0.3, 0.4) is 0 Å². The van der Waals surface area contributed by atoms with Gasteiger partial charge in [-0.2, -0.15) is 10.2 Å². The Morgan fingerprint density at radius 2 is 1.71 bits per heavy atom. The Kier molecular flexibility index (Phi) is 7.29. The normalized spacial score (nSPS) is 18.4. The predicted molar refractivity (Wildman–Crippen MR) is 134 cm³/mol. The topological polar surface area (TPSA) is 111 Å². The summed E-state index contributed by atoms with van der Waals surface area (Å²) in [7, 11) is 0.346. The van der Waals surface area contributed by atoms with Crippen molar-refractivity contribution in [3.63, 3.8) is 0 Å². The van der Waals surface area contributed by atoms with E-state index >= 15 is 0 Å². The molecular weight excluding hydrogens is 448 g/mol. The predicted octanol–water partition coefficient (Wildman–Crippen LogP) is 3.76. The first-order chi connectivity index (χ1) is 16.4. The van der Waals surface area contributed by atoms with Gasteiger partial charge in [-0.3, -0.25) is 0 Å². The van der Waals surface area contributed by atoms with Crippen LogP contribution in [0.1, 0.15) is 31.2 Å². The van der Waals surface area contributed by atoms with Gasteiger partial charge in [-0.25, -0.2) is 18.1 Å². The van der Waals surface area contributed by atoms with Crippen LogP contribution < -0.4 is 14.9 Å². The van der Waals surface area contributed by atoms with Crippen LogP contribution in [0.4, 0.5) is 11.8 Å². The molecule has 1 aromatic heterocycles. The first-order valence-corrected chi connectivity index (χ1v) is 13.0. The molecule has 9 heteroatoms. The maximum atomic E-state index is 12.6. The Morgan fingerprint density at radius 3 is 2.41 bits per heavy atom. The molecule has 0 bridgehead atoms. The minimum Gasteiger partial charge on any atom is -0.362 e. The molecule has 0 spiro atoms. The Labute approximate surface area is 201 Å². The van der Waals surface area contributed by atoms with Crippen LogP contribution in [0, 0.1) is 23.2 Å². The number of para-hydroxylation sites is 1. The van der Waals surface area contributed by atoms with Crippen molar-refractivity contribution in [1.29, 1.82) is 5.26 Å². The van der Waals surface area contributed by atoms with Crippen molar-refractivity contribution < 1.29 is 8.42 Å². The Balaban J connectivity index is 1.29. The molecule has 2 N–H and O–H groups in total. The molecular formula is C25H30N6O2S. The molecule has 1 saturated carbocycles. The second kappa shape index (κ2) is 10.4. The smallest absolute Gasteiger partial charge is 0.240 e. The van der Waals surface area contributed by atoms with Gasteiger partial charge in [0.15, 0.2) is 0 Å². The molecule has 3 aromatic rings. The fourth-order valence-electron chi connectivity index (χ4n) is 4.40. The van der Waals surface area contributed by atoms with E-state index in [0.717, 1.165) is 48.9 Å². The summed E-state index contributed by atoms with van der Waals surface area (Å²) in [5.74, 6) is 2.33. The third-order valence-electron chi connectivity index (χ3n) is 6.36. The van der Waals surface area contributed by atoms with Crippen LogP contribution in [-0.4, -0.2) is 45.6 Å². The number of nitrogens with zero attached hydrogens (tertiary/aromatic N) is 4. The van der Waals surface area contributed by atoms with Gasteiger partial charge in [0.25, 0.3) is 0 Å². The van der Waals surface area contributed by atoms with Gasteiger partial charge in [0.2, 0.25) is 16.0 Å². The van der Waals surface area contributed by atoms with Crippen molar-refractivity contribution >= 4 is 32.7 Å². The Hall–Kier alpha value is -3.22. The molecule has 1 heterocycles. The summed E-state index contributed by atoms with van der Waals surface area (Å²) in [6, 6.07) is 16.1. The van der Waals surface area contributed by atoms with Crippen molar-refractivity contribution in [2.24, 2.45) is 11.8 Å². The Morgan fingerprint density at radius 1 is 1.00 bits per heavy atom. The van der Waals surface area contributed by atoms with Crippen LogP contribution in [0.15, 0.2) is 53.4 Å². The maximum Gasteiger partial charge on any atom is 0.240 e. The van der Waals surface area contributed by atoms with Crippen LogP contribution >= 0.6 is 0 Å². The monoisotopic (exact) mass is 478 g/mol. The van der Waals surface area contributed by atoms with Gasteiger partial charge in [-0.1, -0.05) is 18.2 Å². The van der Waals surface area contributed by atoms with Gasteiger partial charge in [0.1, 0.15) is 5.82 Å². The summed E-state index contributed by atoms with van der Waals surface area (Å²) in [4.78, 5) is 11.5. The molecule has 4 rings (SSSR count). The second-order valence-electron chi connectivity index (χ2n) is 9.04. The number of sulfonamides is 1. The average Bonchev–Trinajstić information content (AvgIpc) is 2.86. The average molecular weight is 479 g/mol. The van der Waals surface area contributed by atoms with Crippen molar-refractivity contribution in [1.82, 2.24) is 14.7 Å². The molecule has 0 unspecified atom stereocenters. The fraction of sp³-hybridized carbons (Fsp3) is 0.400. The lowest BCUT2D eigenvalue weighted by Crippen LogP contribution is -2.32. The number of hydrogen-bond donors (Lipinski definition) is 2. The highest BCUT2D eigenvalue weighted by atomic mass is 32.2. The number of hydrogen-bond acceptors (Lipinski definition) is 7. The zero-order chi connectivity index (χ0) is 24.1. The van der Waals surface area contributed by atoms with Gasteiger partial charge in [0.05, 0.1) is 22.0 Å². The van der Waals surface area contributed by atoms with E-state index in [2.05, 4.69) is 15.0 Å². The molecule has 0 saturated heterocycles. The number of rotatable bonds is 8. The lowest BCUT2D eigenvalue weighted by atomic mass is 9.82. The standard InChI is InChI=1S/C25H30N6O2S/c1-31(2)24-22-8-3-4-9-23(22)29-25(30-24)27-16-18-10-12-19(13-11-18)17-28-34(32,33)21-7-5-6-20(14-21)15-26/h3-9,14,18-19,28H,10-13,16-17H2,1-2H3,(H,27,29,30). The van der Waals surface area contributed by atoms with Gasteiger partial charge in [-0.15, -0.1) is 0 Å². The van der Waals surface area contributed by atoms with E-state index in [1.807, 2.05) is 49.3 Å². The molecule has 2 aromatic carbocycles. The summed E-state index contributed by atoms with van der Waals surface area (Å²) in [5, 5.41) is 13.5. The van der Waals surface area contributed by atoms with E-state index in [1.165, 1.54) is 12.1 Å². The number of benzene rings is 2. The highest BCUT2D eigenvalue weighted by molar-refractivity contribution is 7.89. The molecule has 34 heavy (non-hydrogen) atoms. The van der Waals surface area contributed by atoms with Crippen molar-refractivity contribution in [2.45, 2.75) is 30.6 Å². The van der Waals surface area contributed by atoms with Gasteiger partial charge >= 0.3 is 0 Å². The van der Waals surface area contributed by atoms with Crippen molar-refractivity contribution in [3.8, 4) is 6.07 Å². The lowest BCUT2D eigenvalue weighted by molar-refractivity contribution is 0.284. The molecule has 1 aliphatic carbocycles. The third-order valence-corrected chi connectivity index (χ3v) is 7.78. The van der Waals surface area contributed by atoms with E-state index < -0.39 is 10.0 Å². The zero-order valence-electron chi connectivity index (χ0n) is 19.5. The molecule has 178 valence electrons. The van der Waals surface area contributed by atoms with Gasteiger partial charge in [0, 0.05) is 32.6 Å². The van der Waals surface area contributed by atoms with Crippen LogP contribution in [-0.2, 0) is 10.0 Å². The van der Waals surface area contributed by atoms with Crippen LogP contribution in [0.25, 0.3) is 10.9 Å². The minimum atomic E-state index is -3.62. The first-order valence-electron chi connectivity index (χ1n) is 11.5. The quantitative estimate of drug-likeness (QED) is 0.507. The SMILES string of the molecule is CN(C)c1nc(NCC2CCC(CNS(=O)(=O)c3cccc(C#N)c3)CC2)nc2ccccc12. The zero-order valence-corrected chi connectivity index (χ0v) is 20.3. The molecule has 8 nitrogen and oxygen atoms in total. The lowest BCUT2D eigenvalue weighted by Gasteiger charge is -2.28. The minimum absolute atomic E-state index is 0.136. The molecule has 1 aliphatic rings. The largest absolute Gasteiger partial charge is 0.362 e. The first kappa shape index (κ1) is 23.9. The molecule has 0 atom stereocenters. The van der Waals surface area contributed by atoms with Crippen LogP contribution in [0.5, 0.6) is 0 Å². The van der Waals surface area contributed by atoms with Crippen molar-refractivity contribution in [2.75, 3.05) is 37.4 Å². The maximum absolute atomic E-state index is 12.6. The summed E-state index contributed by atoms with van der Waals surface area (Å²) in [5.41, 5.74) is 1.25. The number of nitriles is 1. The molecule has 1 fully saturated rings. The summed E-state index contributed by atoms with van der Waals surface area (Å²) < 4.78 is 27.9. The van der Waals surface area contributed by atoms with Crippen molar-refractivity contribution in [3.05, 3.63) is 54.1 Å². The second-order valence-corrected chi connectivity index (χ2v) is 10.8. The number of anilines is 2. The van der Waals surface area contributed by atoms with Crippen LogP contribution in [0.2, 0.25) is 0 Å². The van der Waals surface area contributed by atoms with E-state index in [4.69, 9.17) is 10.2 Å². The van der Waals surface area contributed by atoms with Gasteiger partial charge in [-0.05, 0) is 67.9 Å². The van der Waals surface area contributed by atoms with E-state index in [-0.39, 0.29) is 4.90 Å². The van der Waals surface area contributed by atoms with E-state index in [0.29, 0.717) is 29.9 Å². The molecule has 0 amide bonds. The fourth-order valence-corrected chi connectivity index (χ4v) is 5.56. The highest BCUT2D eigenvalue weighted by Crippen LogP contribution is 2.29. The summed E-state index contributed by atoms with van der Waals surface area (Å²) >= 11 is 0. The summed E-state index contributed by atoms with van der Waals surface area (Å²) in [6.45, 7) is 1.21.